The van der Waals surface area contributed by atoms with Crippen LogP contribution in [0.3, 0.4) is 0 Å². The average Bonchev–Trinajstić information content (AvgIpc) is 2.69. The zero-order valence-corrected chi connectivity index (χ0v) is 17.2. The van der Waals surface area contributed by atoms with Gasteiger partial charge in [-0.1, -0.05) is 57.9 Å². The number of halogens is 1. The highest BCUT2D eigenvalue weighted by atomic mass is 79.9. The minimum absolute atomic E-state index is 0.146. The van der Waals surface area contributed by atoms with E-state index in [0.717, 1.165) is 37.9 Å². The van der Waals surface area contributed by atoms with Gasteiger partial charge in [-0.2, -0.15) is 0 Å². The molecule has 3 nitrogen and oxygen atoms in total. The van der Waals surface area contributed by atoms with Crippen LogP contribution in [0.15, 0.2) is 77.3 Å². The number of para-hydroxylation sites is 1. The highest BCUT2D eigenvalue weighted by molar-refractivity contribution is 9.10. The number of carbonyl (C=O) groups is 1. The van der Waals surface area contributed by atoms with Crippen LogP contribution in [0.1, 0.15) is 21.5 Å². The maximum absolute atomic E-state index is 13.1. The van der Waals surface area contributed by atoms with Crippen molar-refractivity contribution >= 4 is 38.4 Å². The summed E-state index contributed by atoms with van der Waals surface area (Å²) in [6.45, 7) is 4.14. The zero-order valence-electron chi connectivity index (χ0n) is 15.7. The van der Waals surface area contributed by atoms with Gasteiger partial charge in [-0.15, -0.1) is 0 Å². The summed E-state index contributed by atoms with van der Waals surface area (Å²) >= 11 is 3.42. The van der Waals surface area contributed by atoms with Crippen molar-refractivity contribution in [3.63, 3.8) is 0 Å². The summed E-state index contributed by atoms with van der Waals surface area (Å²) in [6.07, 6.45) is 0. The SMILES string of the molecule is Cc1ccc(-c2cc(C(=O)Nc3ccc(Br)cc3)c3ccccc3n2)c(C)c1. The predicted molar refractivity (Wildman–Crippen MR) is 119 cm³/mol. The Labute approximate surface area is 172 Å². The van der Waals surface area contributed by atoms with Crippen LogP contribution in [0.25, 0.3) is 22.2 Å². The lowest BCUT2D eigenvalue weighted by Gasteiger charge is -2.12. The van der Waals surface area contributed by atoms with Crippen LogP contribution in [-0.4, -0.2) is 10.9 Å². The zero-order chi connectivity index (χ0) is 19.7. The number of rotatable bonds is 3. The van der Waals surface area contributed by atoms with E-state index in [-0.39, 0.29) is 5.91 Å². The summed E-state index contributed by atoms with van der Waals surface area (Å²) in [5, 5.41) is 3.83. The third-order valence-corrected chi connectivity index (χ3v) is 5.25. The van der Waals surface area contributed by atoms with E-state index in [4.69, 9.17) is 4.98 Å². The lowest BCUT2D eigenvalue weighted by atomic mass is 9.99. The first-order valence-corrected chi connectivity index (χ1v) is 9.85. The number of hydrogen-bond donors (Lipinski definition) is 1. The number of carbonyl (C=O) groups excluding carboxylic acids is 1. The Balaban J connectivity index is 1.82. The van der Waals surface area contributed by atoms with Gasteiger partial charge in [0.15, 0.2) is 0 Å². The number of hydrogen-bond acceptors (Lipinski definition) is 2. The second-order valence-corrected chi connectivity index (χ2v) is 7.77. The van der Waals surface area contributed by atoms with E-state index in [2.05, 4.69) is 53.3 Å². The molecule has 0 aliphatic carbocycles. The second kappa shape index (κ2) is 7.56. The third-order valence-electron chi connectivity index (χ3n) is 4.72. The van der Waals surface area contributed by atoms with Crippen LogP contribution in [0.4, 0.5) is 5.69 Å². The van der Waals surface area contributed by atoms with Gasteiger partial charge in [-0.05, 0) is 55.8 Å². The van der Waals surface area contributed by atoms with Crippen molar-refractivity contribution < 1.29 is 4.79 Å². The number of nitrogens with one attached hydrogen (secondary N) is 1. The maximum atomic E-state index is 13.1. The van der Waals surface area contributed by atoms with Gasteiger partial charge in [-0.25, -0.2) is 4.98 Å². The van der Waals surface area contributed by atoms with Crippen molar-refractivity contribution in [1.82, 2.24) is 4.98 Å². The Morgan fingerprint density at radius 1 is 0.929 bits per heavy atom. The molecule has 1 amide bonds. The fourth-order valence-corrected chi connectivity index (χ4v) is 3.60. The minimum atomic E-state index is -0.146. The van der Waals surface area contributed by atoms with Gasteiger partial charge in [0.1, 0.15) is 0 Å². The molecule has 1 heterocycles. The first kappa shape index (κ1) is 18.4. The summed E-state index contributed by atoms with van der Waals surface area (Å²) in [4.78, 5) is 17.9. The molecule has 0 fully saturated rings. The summed E-state index contributed by atoms with van der Waals surface area (Å²) in [7, 11) is 0. The Kier molecular flexibility index (Phi) is 4.97. The molecule has 0 unspecified atom stereocenters. The molecular weight excluding hydrogens is 412 g/mol. The molecule has 138 valence electrons. The number of aromatic nitrogens is 1. The van der Waals surface area contributed by atoms with Crippen LogP contribution >= 0.6 is 15.9 Å². The molecule has 0 atom stereocenters. The molecule has 0 bridgehead atoms. The number of benzene rings is 3. The molecule has 28 heavy (non-hydrogen) atoms. The summed E-state index contributed by atoms with van der Waals surface area (Å²) < 4.78 is 0.969. The Bertz CT molecular complexity index is 1180. The molecule has 0 aliphatic heterocycles. The second-order valence-electron chi connectivity index (χ2n) is 6.85. The molecule has 0 saturated heterocycles. The van der Waals surface area contributed by atoms with Crippen LogP contribution in [0.5, 0.6) is 0 Å². The largest absolute Gasteiger partial charge is 0.322 e. The fraction of sp³-hybridized carbons (Fsp3) is 0.0833. The van der Waals surface area contributed by atoms with Gasteiger partial charge >= 0.3 is 0 Å². The van der Waals surface area contributed by atoms with Crippen LogP contribution in [0, 0.1) is 13.8 Å². The van der Waals surface area contributed by atoms with Gasteiger partial charge in [0.2, 0.25) is 0 Å². The minimum Gasteiger partial charge on any atom is -0.322 e. The molecule has 0 radical (unpaired) electrons. The topological polar surface area (TPSA) is 42.0 Å². The van der Waals surface area contributed by atoms with Gasteiger partial charge < -0.3 is 5.32 Å². The van der Waals surface area contributed by atoms with Crippen molar-refractivity contribution in [2.45, 2.75) is 13.8 Å². The van der Waals surface area contributed by atoms with E-state index in [0.29, 0.717) is 5.56 Å². The number of pyridine rings is 1. The fourth-order valence-electron chi connectivity index (χ4n) is 3.33. The average molecular weight is 431 g/mol. The smallest absolute Gasteiger partial charge is 0.256 e. The summed E-state index contributed by atoms with van der Waals surface area (Å²) in [6, 6.07) is 23.5. The van der Waals surface area contributed by atoms with Crippen LogP contribution in [-0.2, 0) is 0 Å². The van der Waals surface area contributed by atoms with Gasteiger partial charge in [-0.3, -0.25) is 4.79 Å². The number of anilines is 1. The Morgan fingerprint density at radius 2 is 1.68 bits per heavy atom. The molecule has 4 rings (SSSR count). The molecule has 0 spiro atoms. The first-order chi connectivity index (χ1) is 13.5. The van der Waals surface area contributed by atoms with E-state index in [1.54, 1.807) is 0 Å². The monoisotopic (exact) mass is 430 g/mol. The van der Waals surface area contributed by atoms with Crippen molar-refractivity contribution in [3.8, 4) is 11.3 Å². The predicted octanol–water partition coefficient (Wildman–Crippen LogP) is 6.53. The molecule has 1 aromatic heterocycles. The Hall–Kier alpha value is -2.98. The standard InChI is InChI=1S/C24H19BrN2O/c1-15-7-12-19(16(2)13-15)23-14-21(20-5-3-4-6-22(20)27-23)24(28)26-18-10-8-17(25)9-11-18/h3-14H,1-2H3,(H,26,28). The highest BCUT2D eigenvalue weighted by Gasteiger charge is 2.15. The molecule has 4 aromatic rings. The molecule has 4 heteroatoms. The lowest BCUT2D eigenvalue weighted by molar-refractivity contribution is 0.102. The molecular formula is C24H19BrN2O. The number of nitrogens with zero attached hydrogens (tertiary/aromatic N) is 1. The molecule has 3 aromatic carbocycles. The van der Waals surface area contributed by atoms with Crippen molar-refractivity contribution in [1.29, 1.82) is 0 Å². The highest BCUT2D eigenvalue weighted by Crippen LogP contribution is 2.28. The van der Waals surface area contributed by atoms with Gasteiger partial charge in [0.05, 0.1) is 16.8 Å². The molecule has 1 N–H and O–H groups in total. The van der Waals surface area contributed by atoms with E-state index < -0.39 is 0 Å². The number of aryl methyl sites for hydroxylation is 2. The van der Waals surface area contributed by atoms with Crippen molar-refractivity contribution in [3.05, 3.63) is 94.0 Å². The van der Waals surface area contributed by atoms with Crippen LogP contribution < -0.4 is 5.32 Å². The normalized spacial score (nSPS) is 10.8. The Morgan fingerprint density at radius 3 is 2.43 bits per heavy atom. The van der Waals surface area contributed by atoms with Gasteiger partial charge in [0.25, 0.3) is 5.91 Å². The lowest BCUT2D eigenvalue weighted by Crippen LogP contribution is -2.13. The summed E-state index contributed by atoms with van der Waals surface area (Å²) in [5.41, 5.74) is 6.36. The van der Waals surface area contributed by atoms with E-state index in [9.17, 15) is 4.79 Å². The first-order valence-electron chi connectivity index (χ1n) is 9.05. The quantitative estimate of drug-likeness (QED) is 0.401. The van der Waals surface area contributed by atoms with E-state index in [1.165, 1.54) is 5.56 Å². The third kappa shape index (κ3) is 3.69. The van der Waals surface area contributed by atoms with E-state index in [1.807, 2.05) is 54.6 Å². The molecule has 0 aliphatic rings. The maximum Gasteiger partial charge on any atom is 0.256 e. The summed E-state index contributed by atoms with van der Waals surface area (Å²) in [5.74, 6) is -0.146. The van der Waals surface area contributed by atoms with Crippen LogP contribution in [0.2, 0.25) is 0 Å². The van der Waals surface area contributed by atoms with Crippen molar-refractivity contribution in [2.75, 3.05) is 5.32 Å². The van der Waals surface area contributed by atoms with E-state index >= 15 is 0 Å². The number of fused-ring (bicyclic) bond motifs is 1. The van der Waals surface area contributed by atoms with Crippen molar-refractivity contribution in [2.24, 2.45) is 0 Å². The molecule has 0 saturated carbocycles. The van der Waals surface area contributed by atoms with Gasteiger partial charge in [0, 0.05) is 21.1 Å². The number of amides is 1.